The topological polar surface area (TPSA) is 99.6 Å². The highest BCUT2D eigenvalue weighted by molar-refractivity contribution is 5.98. The summed E-state index contributed by atoms with van der Waals surface area (Å²) in [6.07, 6.45) is -3.38. The van der Waals surface area contributed by atoms with E-state index >= 15 is 0 Å². The maximum absolute atomic E-state index is 12.4. The molecule has 0 saturated heterocycles. The molecular weight excluding hydrogens is 389 g/mol. The van der Waals surface area contributed by atoms with E-state index in [0.29, 0.717) is 34.7 Å². The van der Waals surface area contributed by atoms with Crippen LogP contribution >= 0.6 is 0 Å². The number of amides is 1. The number of hydrogen-bond donors (Lipinski definition) is 3. The Morgan fingerprint density at radius 3 is 2.93 bits per heavy atom. The Morgan fingerprint density at radius 2 is 2.24 bits per heavy atom. The van der Waals surface area contributed by atoms with E-state index in [4.69, 9.17) is 5.11 Å². The van der Waals surface area contributed by atoms with Crippen LogP contribution in [0.1, 0.15) is 25.3 Å². The van der Waals surface area contributed by atoms with Crippen molar-refractivity contribution in [3.8, 4) is 0 Å². The van der Waals surface area contributed by atoms with E-state index in [2.05, 4.69) is 25.0 Å². The van der Waals surface area contributed by atoms with Crippen LogP contribution in [0.4, 0.5) is 19.1 Å². The number of H-pyrrole nitrogens is 1. The van der Waals surface area contributed by atoms with Gasteiger partial charge < -0.3 is 15.4 Å². The molecule has 1 amide bonds. The van der Waals surface area contributed by atoms with Gasteiger partial charge in [-0.25, -0.2) is 9.98 Å². The molecule has 1 atom stereocenters. The van der Waals surface area contributed by atoms with Crippen molar-refractivity contribution in [2.24, 2.45) is 4.99 Å². The van der Waals surface area contributed by atoms with Crippen LogP contribution in [0.3, 0.4) is 0 Å². The van der Waals surface area contributed by atoms with Gasteiger partial charge in [0.05, 0.1) is 30.2 Å². The summed E-state index contributed by atoms with van der Waals surface area (Å²) in [5.74, 6) is 0.146. The third-order valence-electron chi connectivity index (χ3n) is 4.42. The van der Waals surface area contributed by atoms with E-state index in [1.54, 1.807) is 31.2 Å². The SMILES string of the molecule is CC1=CC(=Nc2nc3ccc(CC(=O)NCCO)cc3[nH]2)CCC1OC(F)(F)F. The van der Waals surface area contributed by atoms with Gasteiger partial charge in [0.25, 0.3) is 0 Å². The largest absolute Gasteiger partial charge is 0.523 e. The normalized spacial score (nSPS) is 18.9. The fraction of sp³-hybridized carbons (Fsp3) is 0.421. The number of aromatic amines is 1. The Kier molecular flexibility index (Phi) is 6.33. The summed E-state index contributed by atoms with van der Waals surface area (Å²) in [4.78, 5) is 23.6. The molecule has 0 aliphatic heterocycles. The first-order valence-electron chi connectivity index (χ1n) is 9.10. The van der Waals surface area contributed by atoms with Crippen molar-refractivity contribution in [1.82, 2.24) is 15.3 Å². The van der Waals surface area contributed by atoms with Gasteiger partial charge in [0.2, 0.25) is 11.9 Å². The molecule has 1 aromatic carbocycles. The van der Waals surface area contributed by atoms with E-state index in [9.17, 15) is 18.0 Å². The lowest BCUT2D eigenvalue weighted by Crippen LogP contribution is -2.28. The first-order valence-corrected chi connectivity index (χ1v) is 9.10. The van der Waals surface area contributed by atoms with Gasteiger partial charge in [0.15, 0.2) is 0 Å². The van der Waals surface area contributed by atoms with Crippen molar-refractivity contribution in [3.05, 3.63) is 35.4 Å². The molecule has 1 aliphatic rings. The molecule has 0 spiro atoms. The average Bonchev–Trinajstić information content (AvgIpc) is 3.03. The number of carbonyl (C=O) groups excluding carboxylic acids is 1. The van der Waals surface area contributed by atoms with Crippen molar-refractivity contribution in [2.45, 2.75) is 38.7 Å². The number of imidazole rings is 1. The van der Waals surface area contributed by atoms with Crippen LogP contribution < -0.4 is 5.32 Å². The monoisotopic (exact) mass is 410 g/mol. The lowest BCUT2D eigenvalue weighted by atomic mass is 9.96. The fourth-order valence-electron chi connectivity index (χ4n) is 3.12. The van der Waals surface area contributed by atoms with Gasteiger partial charge in [-0.15, -0.1) is 13.2 Å². The fourth-order valence-corrected chi connectivity index (χ4v) is 3.12. The second-order valence-corrected chi connectivity index (χ2v) is 6.74. The number of aliphatic hydroxyl groups is 1. The van der Waals surface area contributed by atoms with Crippen LogP contribution in [0, 0.1) is 0 Å². The Balaban J connectivity index is 1.73. The van der Waals surface area contributed by atoms with Gasteiger partial charge in [-0.05, 0) is 49.1 Å². The molecule has 29 heavy (non-hydrogen) atoms. The Labute approximate surface area is 164 Å². The molecule has 156 valence electrons. The van der Waals surface area contributed by atoms with Crippen molar-refractivity contribution in [2.75, 3.05) is 13.2 Å². The number of halogens is 3. The molecule has 0 bridgehead atoms. The molecule has 1 unspecified atom stereocenters. The number of nitrogens with one attached hydrogen (secondary N) is 2. The molecule has 3 rings (SSSR count). The molecule has 3 N–H and O–H groups in total. The lowest BCUT2D eigenvalue weighted by Gasteiger charge is -2.23. The zero-order valence-electron chi connectivity index (χ0n) is 15.7. The van der Waals surface area contributed by atoms with Crippen LogP contribution in [-0.2, 0) is 16.0 Å². The van der Waals surface area contributed by atoms with Gasteiger partial charge in [0, 0.05) is 12.3 Å². The molecule has 7 nitrogen and oxygen atoms in total. The third-order valence-corrected chi connectivity index (χ3v) is 4.42. The molecule has 0 saturated carbocycles. The van der Waals surface area contributed by atoms with E-state index in [1.807, 2.05) is 0 Å². The highest BCUT2D eigenvalue weighted by Gasteiger charge is 2.35. The quantitative estimate of drug-likeness (QED) is 0.682. The van der Waals surface area contributed by atoms with Crippen LogP contribution in [0.15, 0.2) is 34.8 Å². The standard InChI is InChI=1S/C19H21F3N4O3/c1-11-8-13(3-5-16(11)29-19(20,21)22)24-18-25-14-4-2-12(9-15(14)26-18)10-17(28)23-6-7-27/h2,4,8-9,16,27H,3,5-7,10H2,1H3,(H,23,28)(H,25,26). The number of allylic oxidation sites excluding steroid dienone is 1. The highest BCUT2D eigenvalue weighted by atomic mass is 19.4. The number of aromatic nitrogens is 2. The Hall–Kier alpha value is -2.72. The van der Waals surface area contributed by atoms with Crippen molar-refractivity contribution >= 4 is 28.6 Å². The number of alkyl halides is 3. The first-order chi connectivity index (χ1) is 13.7. The number of ether oxygens (including phenoxy) is 1. The van der Waals surface area contributed by atoms with Crippen molar-refractivity contribution < 1.29 is 27.8 Å². The Morgan fingerprint density at radius 1 is 1.45 bits per heavy atom. The summed E-state index contributed by atoms with van der Waals surface area (Å²) in [5, 5.41) is 11.3. The predicted molar refractivity (Wildman–Crippen MR) is 101 cm³/mol. The van der Waals surface area contributed by atoms with Gasteiger partial charge in [-0.3, -0.25) is 9.53 Å². The van der Waals surface area contributed by atoms with Gasteiger partial charge in [-0.1, -0.05) is 6.07 Å². The minimum absolute atomic E-state index is 0.119. The predicted octanol–water partition coefficient (Wildman–Crippen LogP) is 2.93. The molecule has 10 heteroatoms. The zero-order valence-corrected chi connectivity index (χ0v) is 15.7. The smallest absolute Gasteiger partial charge is 0.395 e. The van der Waals surface area contributed by atoms with Crippen molar-refractivity contribution in [3.63, 3.8) is 0 Å². The summed E-state index contributed by atoms with van der Waals surface area (Å²) in [7, 11) is 0. The van der Waals surface area contributed by atoms with Crippen LogP contribution in [-0.4, -0.2) is 52.3 Å². The number of nitrogens with zero attached hydrogens (tertiary/aromatic N) is 2. The highest BCUT2D eigenvalue weighted by Crippen LogP contribution is 2.28. The zero-order chi connectivity index (χ0) is 21.0. The van der Waals surface area contributed by atoms with Crippen LogP contribution in [0.2, 0.25) is 0 Å². The Bertz CT molecular complexity index is 950. The minimum atomic E-state index is -4.67. The third kappa shape index (κ3) is 5.88. The second-order valence-electron chi connectivity index (χ2n) is 6.74. The lowest BCUT2D eigenvalue weighted by molar-refractivity contribution is -0.338. The number of aliphatic hydroxyl groups excluding tert-OH is 1. The second kappa shape index (κ2) is 8.75. The van der Waals surface area contributed by atoms with Gasteiger partial charge in [-0.2, -0.15) is 0 Å². The van der Waals surface area contributed by atoms with Crippen molar-refractivity contribution in [1.29, 1.82) is 0 Å². The number of carbonyl (C=O) groups is 1. The molecule has 1 aromatic heterocycles. The molecule has 1 aliphatic carbocycles. The number of hydrogen-bond acceptors (Lipinski definition) is 5. The summed E-state index contributed by atoms with van der Waals surface area (Å²) in [5.41, 5.74) is 3.22. The maximum atomic E-state index is 12.4. The summed E-state index contributed by atoms with van der Waals surface area (Å²) < 4.78 is 41.4. The number of rotatable bonds is 6. The maximum Gasteiger partial charge on any atom is 0.523 e. The molecule has 0 radical (unpaired) electrons. The minimum Gasteiger partial charge on any atom is -0.395 e. The van der Waals surface area contributed by atoms with E-state index in [0.717, 1.165) is 5.56 Å². The number of benzene rings is 1. The van der Waals surface area contributed by atoms with E-state index < -0.39 is 12.5 Å². The summed E-state index contributed by atoms with van der Waals surface area (Å²) >= 11 is 0. The molecular formula is C19H21F3N4O3. The molecule has 0 fully saturated rings. The van der Waals surface area contributed by atoms with Gasteiger partial charge in [0.1, 0.15) is 0 Å². The number of aliphatic imine (C=N–C) groups is 1. The van der Waals surface area contributed by atoms with E-state index in [-0.39, 0.29) is 31.9 Å². The summed E-state index contributed by atoms with van der Waals surface area (Å²) in [6, 6.07) is 5.33. The molecule has 2 aromatic rings. The van der Waals surface area contributed by atoms with Gasteiger partial charge >= 0.3 is 6.36 Å². The number of fused-ring (bicyclic) bond motifs is 1. The average molecular weight is 410 g/mol. The van der Waals surface area contributed by atoms with Crippen LogP contribution in [0.5, 0.6) is 0 Å². The summed E-state index contributed by atoms with van der Waals surface area (Å²) in [6.45, 7) is 1.67. The van der Waals surface area contributed by atoms with E-state index in [1.165, 1.54) is 0 Å². The first kappa shape index (κ1) is 21.0. The molecule has 1 heterocycles. The van der Waals surface area contributed by atoms with Crippen LogP contribution in [0.25, 0.3) is 11.0 Å².